The minimum atomic E-state index is 0.0995. The second kappa shape index (κ2) is 2.98. The molecule has 1 aromatic rings. The monoisotopic (exact) mass is 155 g/mol. The lowest BCUT2D eigenvalue weighted by Crippen LogP contribution is -2.35. The Labute approximate surface area is 63.7 Å². The number of nitrogens with zero attached hydrogens (tertiary/aromatic N) is 2. The first kappa shape index (κ1) is 6.75. The SMILES string of the molecule is c1nc([C@@H]2COCCN2)no1. The van der Waals surface area contributed by atoms with E-state index in [1.807, 2.05) is 0 Å². The van der Waals surface area contributed by atoms with Crippen LogP contribution in [0.3, 0.4) is 0 Å². The van der Waals surface area contributed by atoms with Crippen molar-refractivity contribution in [2.75, 3.05) is 19.8 Å². The number of hydrogen-bond donors (Lipinski definition) is 1. The molecule has 1 N–H and O–H groups in total. The summed E-state index contributed by atoms with van der Waals surface area (Å²) < 4.78 is 9.83. The highest BCUT2D eigenvalue weighted by atomic mass is 16.5. The fraction of sp³-hybridized carbons (Fsp3) is 0.667. The molecule has 0 radical (unpaired) electrons. The van der Waals surface area contributed by atoms with E-state index in [1.54, 1.807) is 0 Å². The van der Waals surface area contributed by atoms with Gasteiger partial charge in [0.25, 0.3) is 0 Å². The van der Waals surface area contributed by atoms with Gasteiger partial charge in [0.15, 0.2) is 5.82 Å². The molecule has 60 valence electrons. The van der Waals surface area contributed by atoms with E-state index >= 15 is 0 Å². The Morgan fingerprint density at radius 3 is 3.27 bits per heavy atom. The van der Waals surface area contributed by atoms with Crippen LogP contribution in [0.2, 0.25) is 0 Å². The van der Waals surface area contributed by atoms with Crippen molar-refractivity contribution in [2.45, 2.75) is 6.04 Å². The van der Waals surface area contributed by atoms with E-state index in [2.05, 4.69) is 20.0 Å². The van der Waals surface area contributed by atoms with Crippen molar-refractivity contribution >= 4 is 0 Å². The first-order chi connectivity index (χ1) is 5.47. The Morgan fingerprint density at radius 1 is 1.64 bits per heavy atom. The lowest BCUT2D eigenvalue weighted by atomic mass is 10.3. The predicted molar refractivity (Wildman–Crippen MR) is 35.9 cm³/mol. The van der Waals surface area contributed by atoms with E-state index in [0.717, 1.165) is 13.2 Å². The minimum Gasteiger partial charge on any atom is -0.378 e. The Bertz CT molecular complexity index is 206. The van der Waals surface area contributed by atoms with Crippen molar-refractivity contribution in [3.63, 3.8) is 0 Å². The molecular formula is C6H9N3O2. The highest BCUT2D eigenvalue weighted by Crippen LogP contribution is 2.09. The van der Waals surface area contributed by atoms with E-state index in [4.69, 9.17) is 4.74 Å². The highest BCUT2D eigenvalue weighted by molar-refractivity contribution is 4.91. The molecule has 1 aromatic heterocycles. The lowest BCUT2D eigenvalue weighted by Gasteiger charge is -2.20. The molecule has 1 saturated heterocycles. The molecule has 1 fully saturated rings. The molecule has 0 saturated carbocycles. The summed E-state index contributed by atoms with van der Waals surface area (Å²) in [6, 6.07) is 0.0995. The molecule has 0 bridgehead atoms. The van der Waals surface area contributed by atoms with Crippen molar-refractivity contribution in [1.29, 1.82) is 0 Å². The minimum absolute atomic E-state index is 0.0995. The van der Waals surface area contributed by atoms with Crippen LogP contribution in [0.1, 0.15) is 11.9 Å². The number of aromatic nitrogens is 2. The summed E-state index contributed by atoms with van der Waals surface area (Å²) in [5.74, 6) is 0.671. The Balaban J connectivity index is 2.04. The van der Waals surface area contributed by atoms with E-state index in [-0.39, 0.29) is 6.04 Å². The molecule has 1 aliphatic rings. The van der Waals surface area contributed by atoms with Gasteiger partial charge in [0, 0.05) is 6.54 Å². The van der Waals surface area contributed by atoms with E-state index in [9.17, 15) is 0 Å². The van der Waals surface area contributed by atoms with Gasteiger partial charge in [-0.2, -0.15) is 4.98 Å². The number of ether oxygens (including phenoxy) is 1. The van der Waals surface area contributed by atoms with Crippen molar-refractivity contribution < 1.29 is 9.26 Å². The van der Waals surface area contributed by atoms with Crippen LogP contribution >= 0.6 is 0 Å². The van der Waals surface area contributed by atoms with E-state index in [0.29, 0.717) is 12.4 Å². The number of morpholine rings is 1. The molecule has 0 aliphatic carbocycles. The molecule has 5 heteroatoms. The summed E-state index contributed by atoms with van der Waals surface area (Å²) in [6.45, 7) is 2.23. The standard InChI is InChI=1S/C6H9N3O2/c1-2-10-3-5(7-1)6-8-4-11-9-6/h4-5,7H,1-3H2/t5-/m0/s1. The van der Waals surface area contributed by atoms with Crippen LogP contribution in [0.4, 0.5) is 0 Å². The van der Waals surface area contributed by atoms with E-state index < -0.39 is 0 Å². The van der Waals surface area contributed by atoms with E-state index in [1.165, 1.54) is 6.39 Å². The Hall–Kier alpha value is -0.940. The Morgan fingerprint density at radius 2 is 2.64 bits per heavy atom. The molecule has 0 unspecified atom stereocenters. The third-order valence-electron chi connectivity index (χ3n) is 1.61. The van der Waals surface area contributed by atoms with Gasteiger partial charge in [0.05, 0.1) is 19.3 Å². The fourth-order valence-electron chi connectivity index (χ4n) is 1.06. The van der Waals surface area contributed by atoms with Crippen molar-refractivity contribution in [2.24, 2.45) is 0 Å². The van der Waals surface area contributed by atoms with Gasteiger partial charge in [-0.05, 0) is 0 Å². The first-order valence-corrected chi connectivity index (χ1v) is 3.54. The maximum atomic E-state index is 5.22. The lowest BCUT2D eigenvalue weighted by molar-refractivity contribution is 0.0734. The van der Waals surface area contributed by atoms with Crippen molar-refractivity contribution in [3.05, 3.63) is 12.2 Å². The highest BCUT2D eigenvalue weighted by Gasteiger charge is 2.18. The molecule has 1 aliphatic heterocycles. The van der Waals surface area contributed by atoms with Gasteiger partial charge in [0.2, 0.25) is 6.39 Å². The van der Waals surface area contributed by atoms with Gasteiger partial charge in [-0.3, -0.25) is 0 Å². The van der Waals surface area contributed by atoms with Gasteiger partial charge < -0.3 is 14.6 Å². The molecule has 0 aromatic carbocycles. The smallest absolute Gasteiger partial charge is 0.213 e. The van der Waals surface area contributed by atoms with Gasteiger partial charge in [-0.25, -0.2) is 0 Å². The van der Waals surface area contributed by atoms with Crippen molar-refractivity contribution in [1.82, 2.24) is 15.5 Å². The van der Waals surface area contributed by atoms with Crippen LogP contribution in [0.15, 0.2) is 10.9 Å². The molecule has 2 heterocycles. The second-order valence-corrected chi connectivity index (χ2v) is 2.37. The van der Waals surface area contributed by atoms with Gasteiger partial charge in [-0.1, -0.05) is 5.16 Å². The van der Waals surface area contributed by atoms with Crippen LogP contribution < -0.4 is 5.32 Å². The molecule has 11 heavy (non-hydrogen) atoms. The van der Waals surface area contributed by atoms with Crippen LogP contribution in [-0.2, 0) is 4.74 Å². The Kier molecular flexibility index (Phi) is 1.83. The molecule has 2 rings (SSSR count). The summed E-state index contributed by atoms with van der Waals surface area (Å²) >= 11 is 0. The maximum Gasteiger partial charge on any atom is 0.213 e. The zero-order chi connectivity index (χ0) is 7.52. The fourth-order valence-corrected chi connectivity index (χ4v) is 1.06. The quantitative estimate of drug-likeness (QED) is 0.605. The molecule has 5 nitrogen and oxygen atoms in total. The zero-order valence-corrected chi connectivity index (χ0v) is 5.99. The third kappa shape index (κ3) is 1.38. The number of hydrogen-bond acceptors (Lipinski definition) is 5. The summed E-state index contributed by atoms with van der Waals surface area (Å²) in [5.41, 5.74) is 0. The predicted octanol–water partition coefficient (Wildman–Crippen LogP) is -0.270. The number of rotatable bonds is 1. The second-order valence-electron chi connectivity index (χ2n) is 2.37. The average Bonchev–Trinajstić information content (AvgIpc) is 2.58. The molecular weight excluding hydrogens is 146 g/mol. The maximum absolute atomic E-state index is 5.22. The van der Waals surface area contributed by atoms with Crippen molar-refractivity contribution in [3.8, 4) is 0 Å². The molecule has 1 atom stereocenters. The van der Waals surface area contributed by atoms with Crippen LogP contribution in [0, 0.1) is 0 Å². The van der Waals surface area contributed by atoms with Gasteiger partial charge in [0.1, 0.15) is 0 Å². The summed E-state index contributed by atoms with van der Waals surface area (Å²) in [4.78, 5) is 3.92. The summed E-state index contributed by atoms with van der Waals surface area (Å²) in [6.07, 6.45) is 1.33. The largest absolute Gasteiger partial charge is 0.378 e. The first-order valence-electron chi connectivity index (χ1n) is 3.54. The topological polar surface area (TPSA) is 60.2 Å². The summed E-state index contributed by atoms with van der Waals surface area (Å²) in [5, 5.41) is 6.92. The normalized spacial score (nSPS) is 25.3. The van der Waals surface area contributed by atoms with Crippen LogP contribution in [-0.4, -0.2) is 29.9 Å². The third-order valence-corrected chi connectivity index (χ3v) is 1.61. The van der Waals surface area contributed by atoms with Crippen LogP contribution in [0.25, 0.3) is 0 Å². The average molecular weight is 155 g/mol. The molecule has 0 spiro atoms. The summed E-state index contributed by atoms with van der Waals surface area (Å²) in [7, 11) is 0. The zero-order valence-electron chi connectivity index (χ0n) is 5.99. The number of nitrogens with one attached hydrogen (secondary N) is 1. The van der Waals surface area contributed by atoms with Gasteiger partial charge in [-0.15, -0.1) is 0 Å². The van der Waals surface area contributed by atoms with Gasteiger partial charge >= 0.3 is 0 Å². The van der Waals surface area contributed by atoms with Crippen LogP contribution in [0.5, 0.6) is 0 Å². The molecule has 0 amide bonds.